The number of hydrogen-bond acceptors (Lipinski definition) is 4. The number of halogens is 1. The minimum Gasteiger partial charge on any atom is -0.439 e. The summed E-state index contributed by atoms with van der Waals surface area (Å²) in [5.41, 5.74) is 0.538. The van der Waals surface area contributed by atoms with Crippen molar-refractivity contribution in [2.75, 3.05) is 19.6 Å². The van der Waals surface area contributed by atoms with Gasteiger partial charge in [-0.1, -0.05) is 28.9 Å². The van der Waals surface area contributed by atoms with Crippen LogP contribution in [0.25, 0.3) is 0 Å². The highest BCUT2D eigenvalue weighted by molar-refractivity contribution is 9.10. The lowest BCUT2D eigenvalue weighted by Gasteiger charge is -2.19. The van der Waals surface area contributed by atoms with E-state index in [1.165, 1.54) is 12.8 Å². The Morgan fingerprint density at radius 3 is 2.84 bits per heavy atom. The van der Waals surface area contributed by atoms with Crippen molar-refractivity contribution in [3.8, 4) is 11.6 Å². The molecule has 1 saturated carbocycles. The molecular formula is C19H22BrN3O2. The van der Waals surface area contributed by atoms with Gasteiger partial charge in [0.2, 0.25) is 5.88 Å². The molecule has 1 aromatic carbocycles. The second-order valence-corrected chi connectivity index (χ2v) is 6.98. The topological polar surface area (TPSA) is 54.5 Å². The van der Waals surface area contributed by atoms with Gasteiger partial charge in [-0.3, -0.25) is 9.69 Å². The lowest BCUT2D eigenvalue weighted by Crippen LogP contribution is -2.36. The third-order valence-electron chi connectivity index (χ3n) is 4.17. The molecule has 0 atom stereocenters. The number of rotatable bonds is 8. The van der Waals surface area contributed by atoms with Gasteiger partial charge in [0.15, 0.2) is 0 Å². The average molecular weight is 404 g/mol. The Bertz CT molecular complexity index is 717. The van der Waals surface area contributed by atoms with Gasteiger partial charge in [0, 0.05) is 35.9 Å². The Balaban J connectivity index is 1.50. The maximum atomic E-state index is 12.2. The average Bonchev–Trinajstić information content (AvgIpc) is 3.44. The van der Waals surface area contributed by atoms with Crippen molar-refractivity contribution in [3.63, 3.8) is 0 Å². The maximum absolute atomic E-state index is 12.2. The zero-order chi connectivity index (χ0) is 17.6. The summed E-state index contributed by atoms with van der Waals surface area (Å²) in [4.78, 5) is 18.8. The summed E-state index contributed by atoms with van der Waals surface area (Å²) in [5.74, 6) is 1.05. The minimum absolute atomic E-state index is 0.103. The van der Waals surface area contributed by atoms with Gasteiger partial charge in [0.25, 0.3) is 5.91 Å². The lowest BCUT2D eigenvalue weighted by atomic mass is 10.2. The molecule has 1 heterocycles. The molecule has 0 aliphatic heterocycles. The first-order valence-corrected chi connectivity index (χ1v) is 9.36. The molecule has 6 heteroatoms. The van der Waals surface area contributed by atoms with Crippen LogP contribution in [0.2, 0.25) is 0 Å². The number of carbonyl (C=O) groups is 1. The van der Waals surface area contributed by atoms with Gasteiger partial charge in [-0.2, -0.15) is 0 Å². The molecule has 0 radical (unpaired) electrons. The van der Waals surface area contributed by atoms with E-state index in [0.717, 1.165) is 23.6 Å². The first kappa shape index (κ1) is 17.9. The smallest absolute Gasteiger partial charge is 0.252 e. The molecule has 1 N–H and O–H groups in total. The number of nitrogens with one attached hydrogen (secondary N) is 1. The monoisotopic (exact) mass is 403 g/mol. The second kappa shape index (κ2) is 8.45. The van der Waals surface area contributed by atoms with E-state index in [9.17, 15) is 4.79 Å². The van der Waals surface area contributed by atoms with Gasteiger partial charge in [0.1, 0.15) is 5.75 Å². The number of ether oxygens (including phenoxy) is 1. The summed E-state index contributed by atoms with van der Waals surface area (Å²) in [7, 11) is 0. The fourth-order valence-electron chi connectivity index (χ4n) is 2.68. The van der Waals surface area contributed by atoms with E-state index in [1.54, 1.807) is 18.3 Å². The largest absolute Gasteiger partial charge is 0.439 e. The summed E-state index contributed by atoms with van der Waals surface area (Å²) < 4.78 is 6.61. The standard InChI is InChI=1S/C19H22BrN3O2/c1-2-23(16-7-8-16)11-10-21-19(24)14-6-9-18(22-13-14)25-17-5-3-4-15(20)12-17/h3-6,9,12-13,16H,2,7-8,10-11H2,1H3,(H,21,24). The van der Waals surface area contributed by atoms with Crippen molar-refractivity contribution in [3.05, 3.63) is 52.6 Å². The van der Waals surface area contributed by atoms with Crippen LogP contribution < -0.4 is 10.1 Å². The molecule has 132 valence electrons. The summed E-state index contributed by atoms with van der Waals surface area (Å²) in [6.07, 6.45) is 4.11. The first-order valence-electron chi connectivity index (χ1n) is 8.57. The van der Waals surface area contributed by atoms with E-state index < -0.39 is 0 Å². The summed E-state index contributed by atoms with van der Waals surface area (Å²) >= 11 is 3.40. The Labute approximate surface area is 156 Å². The fourth-order valence-corrected chi connectivity index (χ4v) is 3.06. The predicted molar refractivity (Wildman–Crippen MR) is 101 cm³/mol. The normalized spacial score (nSPS) is 13.7. The number of amides is 1. The third kappa shape index (κ3) is 5.28. The van der Waals surface area contributed by atoms with E-state index in [1.807, 2.05) is 24.3 Å². The van der Waals surface area contributed by atoms with Crippen LogP contribution in [0.1, 0.15) is 30.1 Å². The van der Waals surface area contributed by atoms with Gasteiger partial charge in [0.05, 0.1) is 5.56 Å². The summed E-state index contributed by atoms with van der Waals surface area (Å²) in [6.45, 7) is 4.74. The molecule has 1 aromatic heterocycles. The fraction of sp³-hybridized carbons (Fsp3) is 0.368. The zero-order valence-corrected chi connectivity index (χ0v) is 15.8. The number of hydrogen-bond donors (Lipinski definition) is 1. The number of aromatic nitrogens is 1. The molecule has 3 rings (SSSR count). The van der Waals surface area contributed by atoms with Crippen molar-refractivity contribution < 1.29 is 9.53 Å². The zero-order valence-electron chi connectivity index (χ0n) is 14.2. The molecule has 25 heavy (non-hydrogen) atoms. The van der Waals surface area contributed by atoms with E-state index in [4.69, 9.17) is 4.74 Å². The Kier molecular flexibility index (Phi) is 6.04. The van der Waals surface area contributed by atoms with Crippen molar-refractivity contribution in [1.82, 2.24) is 15.2 Å². The second-order valence-electron chi connectivity index (χ2n) is 6.06. The molecular weight excluding hydrogens is 382 g/mol. The first-order chi connectivity index (χ1) is 12.2. The number of benzene rings is 1. The molecule has 0 bridgehead atoms. The molecule has 0 spiro atoms. The van der Waals surface area contributed by atoms with E-state index in [-0.39, 0.29) is 5.91 Å². The van der Waals surface area contributed by atoms with Crippen molar-refractivity contribution in [2.45, 2.75) is 25.8 Å². The van der Waals surface area contributed by atoms with Crippen molar-refractivity contribution >= 4 is 21.8 Å². The van der Waals surface area contributed by atoms with Crippen LogP contribution in [0, 0.1) is 0 Å². The van der Waals surface area contributed by atoms with Crippen LogP contribution in [-0.4, -0.2) is 41.5 Å². The highest BCUT2D eigenvalue weighted by Gasteiger charge is 2.27. The van der Waals surface area contributed by atoms with Crippen LogP contribution in [0.15, 0.2) is 47.1 Å². The van der Waals surface area contributed by atoms with Crippen LogP contribution in [0.3, 0.4) is 0 Å². The molecule has 2 aromatic rings. The maximum Gasteiger partial charge on any atom is 0.252 e. The van der Waals surface area contributed by atoms with Gasteiger partial charge in [-0.25, -0.2) is 4.98 Å². The number of carbonyl (C=O) groups excluding carboxylic acids is 1. The quantitative estimate of drug-likeness (QED) is 0.726. The van der Waals surface area contributed by atoms with Gasteiger partial charge in [-0.05, 0) is 43.7 Å². The lowest BCUT2D eigenvalue weighted by molar-refractivity contribution is 0.0947. The van der Waals surface area contributed by atoms with Crippen molar-refractivity contribution in [1.29, 1.82) is 0 Å². The third-order valence-corrected chi connectivity index (χ3v) is 4.66. The highest BCUT2D eigenvalue weighted by atomic mass is 79.9. The number of nitrogens with zero attached hydrogens (tertiary/aromatic N) is 2. The van der Waals surface area contributed by atoms with Gasteiger partial charge < -0.3 is 10.1 Å². The van der Waals surface area contributed by atoms with E-state index in [2.05, 4.69) is 38.1 Å². The highest BCUT2D eigenvalue weighted by Crippen LogP contribution is 2.26. The molecule has 1 fully saturated rings. The molecule has 0 saturated heterocycles. The Hall–Kier alpha value is -1.92. The van der Waals surface area contributed by atoms with Crippen LogP contribution >= 0.6 is 15.9 Å². The van der Waals surface area contributed by atoms with Gasteiger partial charge >= 0.3 is 0 Å². The van der Waals surface area contributed by atoms with Crippen LogP contribution in [-0.2, 0) is 0 Å². The number of pyridine rings is 1. The Morgan fingerprint density at radius 1 is 1.36 bits per heavy atom. The Morgan fingerprint density at radius 2 is 2.20 bits per heavy atom. The molecule has 1 aliphatic rings. The van der Waals surface area contributed by atoms with E-state index >= 15 is 0 Å². The molecule has 5 nitrogen and oxygen atoms in total. The van der Waals surface area contributed by atoms with Crippen LogP contribution in [0.4, 0.5) is 0 Å². The summed E-state index contributed by atoms with van der Waals surface area (Å²) in [6, 6.07) is 11.7. The van der Waals surface area contributed by atoms with E-state index in [0.29, 0.717) is 23.7 Å². The molecule has 0 unspecified atom stereocenters. The minimum atomic E-state index is -0.103. The number of likely N-dealkylation sites (N-methyl/N-ethyl adjacent to an activating group) is 1. The predicted octanol–water partition coefficient (Wildman–Crippen LogP) is 3.85. The SMILES string of the molecule is CCN(CCNC(=O)c1ccc(Oc2cccc(Br)c2)nc1)C1CC1. The van der Waals surface area contributed by atoms with Crippen molar-refractivity contribution in [2.24, 2.45) is 0 Å². The van der Waals surface area contributed by atoms with Crippen LogP contribution in [0.5, 0.6) is 11.6 Å². The summed E-state index contributed by atoms with van der Waals surface area (Å²) in [5, 5.41) is 2.96. The molecule has 1 amide bonds. The molecule has 1 aliphatic carbocycles. The van der Waals surface area contributed by atoms with Gasteiger partial charge in [-0.15, -0.1) is 0 Å².